The molecule has 0 aliphatic heterocycles. The van der Waals surface area contributed by atoms with Crippen LogP contribution in [-0.4, -0.2) is 44.2 Å². The van der Waals surface area contributed by atoms with Gasteiger partial charge in [-0.05, 0) is 0 Å². The molecule has 7 heteroatoms. The molecule has 0 rings (SSSR count). The SMILES string of the molecule is O=P(O)(O)O.[NaH].[U]. The van der Waals surface area contributed by atoms with Crippen LogP contribution >= 0.6 is 7.82 Å². The smallest absolute Gasteiger partial charge is 0 e. The van der Waals surface area contributed by atoms with Crippen LogP contribution in [0.2, 0.25) is 0 Å². The van der Waals surface area contributed by atoms with Gasteiger partial charge in [0, 0.05) is 31.1 Å². The van der Waals surface area contributed by atoms with Gasteiger partial charge in [0.2, 0.25) is 0 Å². The first-order chi connectivity index (χ1) is 2.00. The van der Waals surface area contributed by atoms with Gasteiger partial charge in [0.05, 0.1) is 0 Å². The third kappa shape index (κ3) is 66.3. The van der Waals surface area contributed by atoms with Crippen LogP contribution in [0.3, 0.4) is 0 Å². The van der Waals surface area contributed by atoms with Crippen LogP contribution in [0.4, 0.5) is 0 Å². The third-order valence-corrected chi connectivity index (χ3v) is 0. The van der Waals surface area contributed by atoms with Gasteiger partial charge >= 0.3 is 37.4 Å². The Bertz CT molecular complexity index is 57.8. The monoisotopic (exact) mass is 360 g/mol. The van der Waals surface area contributed by atoms with Gasteiger partial charge in [0.25, 0.3) is 0 Å². The van der Waals surface area contributed by atoms with E-state index in [2.05, 4.69) is 0 Å². The molecule has 0 aromatic carbocycles. The fourth-order valence-electron chi connectivity index (χ4n) is 0. The zero-order valence-corrected chi connectivity index (χ0v) is 7.76. The normalized spacial score (nSPS) is 8.43. The first kappa shape index (κ1) is 16.1. The van der Waals surface area contributed by atoms with Crippen molar-refractivity contribution in [2.75, 3.05) is 0 Å². The summed E-state index contributed by atoms with van der Waals surface area (Å²) in [6, 6.07) is 0. The van der Waals surface area contributed by atoms with E-state index in [0.717, 1.165) is 0 Å². The van der Waals surface area contributed by atoms with Crippen molar-refractivity contribution < 1.29 is 50.4 Å². The van der Waals surface area contributed by atoms with Crippen molar-refractivity contribution in [3.8, 4) is 0 Å². The number of hydrogen-bond donors (Lipinski definition) is 3. The Hall–Kier alpha value is 2.16. The van der Waals surface area contributed by atoms with Crippen LogP contribution in [0.5, 0.6) is 0 Å². The fraction of sp³-hybridized carbons (Fsp3) is 0. The molecule has 0 heterocycles. The Morgan fingerprint density at radius 2 is 1.14 bits per heavy atom. The molecule has 0 radical (unpaired) electrons. The van der Waals surface area contributed by atoms with E-state index >= 15 is 0 Å². The maximum atomic E-state index is 8.88. The predicted octanol–water partition coefficient (Wildman–Crippen LogP) is -1.58. The molecule has 38 valence electrons. The van der Waals surface area contributed by atoms with Gasteiger partial charge in [-0.1, -0.05) is 0 Å². The van der Waals surface area contributed by atoms with Gasteiger partial charge in [-0.25, -0.2) is 4.57 Å². The van der Waals surface area contributed by atoms with Gasteiger partial charge in [-0.15, -0.1) is 0 Å². The Morgan fingerprint density at radius 3 is 1.14 bits per heavy atom. The molecule has 0 aromatic heterocycles. The van der Waals surface area contributed by atoms with Gasteiger partial charge in [-0.2, -0.15) is 0 Å². The van der Waals surface area contributed by atoms with E-state index in [9.17, 15) is 0 Å². The number of rotatable bonds is 0. The summed E-state index contributed by atoms with van der Waals surface area (Å²) in [6.45, 7) is 0. The molecule has 0 fully saturated rings. The van der Waals surface area contributed by atoms with Crippen LogP contribution in [0, 0.1) is 31.1 Å². The zero-order chi connectivity index (χ0) is 4.50. The van der Waals surface area contributed by atoms with E-state index in [1.54, 1.807) is 0 Å². The van der Waals surface area contributed by atoms with E-state index in [-0.39, 0.29) is 60.7 Å². The van der Waals surface area contributed by atoms with Crippen molar-refractivity contribution in [1.82, 2.24) is 0 Å². The summed E-state index contributed by atoms with van der Waals surface area (Å²) in [4.78, 5) is 21.6. The van der Waals surface area contributed by atoms with Crippen LogP contribution in [0.15, 0.2) is 0 Å². The number of hydrogen-bond acceptors (Lipinski definition) is 1. The maximum Gasteiger partial charge on any atom is 0 e. The Labute approximate surface area is 86.6 Å². The molecule has 0 atom stereocenters. The average Bonchev–Trinajstić information content (AvgIpc) is 0.722. The quantitative estimate of drug-likeness (QED) is 0.360. The molecular weight excluding hydrogens is 356 g/mol. The van der Waals surface area contributed by atoms with Crippen LogP contribution in [0.1, 0.15) is 0 Å². The molecule has 0 spiro atoms. The summed E-state index contributed by atoms with van der Waals surface area (Å²) in [5.74, 6) is 0. The Kier molecular flexibility index (Phi) is 14.4. The second kappa shape index (κ2) is 6.28. The maximum absolute atomic E-state index is 8.88. The molecule has 0 unspecified atom stereocenters. The molecule has 0 saturated heterocycles. The van der Waals surface area contributed by atoms with Gasteiger partial charge < -0.3 is 14.7 Å². The summed E-state index contributed by atoms with van der Waals surface area (Å²) < 4.78 is 8.88. The number of phosphoric acid groups is 1. The molecule has 3 N–H and O–H groups in total. The summed E-state index contributed by atoms with van der Waals surface area (Å²) >= 11 is 0. The minimum Gasteiger partial charge on any atom is 0 e. The van der Waals surface area contributed by atoms with Crippen LogP contribution in [-0.2, 0) is 4.57 Å². The second-order valence-electron chi connectivity index (χ2n) is 0.513. The minimum absolute atomic E-state index is 0. The second-order valence-corrected chi connectivity index (χ2v) is 1.54. The molecule has 0 amide bonds. The minimum atomic E-state index is -4.64. The Balaban J connectivity index is -0.0000000800. The molecular formula is H4NaO4PU. The standard InChI is InChI=1S/Na.H3O4P.U.H/c;1-5(2,3)4;;/h;(H3,1,2,3,4);;. The molecule has 0 aromatic rings. The molecule has 0 aliphatic carbocycles. The van der Waals surface area contributed by atoms with Gasteiger partial charge in [0.15, 0.2) is 0 Å². The average molecular weight is 360 g/mol. The topological polar surface area (TPSA) is 77.8 Å². The summed E-state index contributed by atoms with van der Waals surface area (Å²) in [7, 11) is -4.64. The van der Waals surface area contributed by atoms with Crippen molar-refractivity contribution in [3.05, 3.63) is 0 Å². The third-order valence-electron chi connectivity index (χ3n) is 0. The van der Waals surface area contributed by atoms with E-state index in [0.29, 0.717) is 0 Å². The zero-order valence-electron chi connectivity index (χ0n) is 2.70. The van der Waals surface area contributed by atoms with Crippen molar-refractivity contribution in [2.24, 2.45) is 0 Å². The van der Waals surface area contributed by atoms with E-state index < -0.39 is 7.82 Å². The van der Waals surface area contributed by atoms with Crippen molar-refractivity contribution >= 4 is 37.4 Å². The van der Waals surface area contributed by atoms with E-state index in [1.807, 2.05) is 0 Å². The van der Waals surface area contributed by atoms with Crippen LogP contribution < -0.4 is 0 Å². The van der Waals surface area contributed by atoms with Crippen molar-refractivity contribution in [1.29, 1.82) is 0 Å². The fourth-order valence-corrected chi connectivity index (χ4v) is 0. The van der Waals surface area contributed by atoms with Gasteiger partial charge in [0.1, 0.15) is 0 Å². The van der Waals surface area contributed by atoms with E-state index in [1.165, 1.54) is 0 Å². The van der Waals surface area contributed by atoms with Crippen molar-refractivity contribution in [2.45, 2.75) is 0 Å². The van der Waals surface area contributed by atoms with E-state index in [4.69, 9.17) is 19.2 Å². The molecule has 7 heavy (non-hydrogen) atoms. The van der Waals surface area contributed by atoms with Gasteiger partial charge in [-0.3, -0.25) is 0 Å². The largest absolute Gasteiger partial charge is 0 e. The van der Waals surface area contributed by atoms with Crippen molar-refractivity contribution in [3.63, 3.8) is 0 Å². The summed E-state index contributed by atoms with van der Waals surface area (Å²) in [5.41, 5.74) is 0. The molecule has 0 saturated carbocycles. The molecule has 0 bridgehead atoms. The Morgan fingerprint density at radius 1 is 1.14 bits per heavy atom. The molecule has 4 nitrogen and oxygen atoms in total. The predicted molar refractivity (Wildman–Crippen MR) is 21.4 cm³/mol. The van der Waals surface area contributed by atoms with Crippen LogP contribution in [0.25, 0.3) is 0 Å². The summed E-state index contributed by atoms with van der Waals surface area (Å²) in [6.07, 6.45) is 0. The summed E-state index contributed by atoms with van der Waals surface area (Å²) in [5, 5.41) is 0. The molecule has 0 aliphatic rings. The first-order valence-corrected chi connectivity index (χ1v) is 2.35. The first-order valence-electron chi connectivity index (χ1n) is 0.783.